The second-order valence-corrected chi connectivity index (χ2v) is 5.85. The fourth-order valence-corrected chi connectivity index (χ4v) is 2.85. The van der Waals surface area contributed by atoms with Gasteiger partial charge < -0.3 is 15.2 Å². The first-order chi connectivity index (χ1) is 10.2. The molecule has 0 amide bonds. The van der Waals surface area contributed by atoms with Crippen molar-refractivity contribution in [3.8, 4) is 11.8 Å². The number of rotatable bonds is 7. The molecule has 0 heterocycles. The van der Waals surface area contributed by atoms with Crippen LogP contribution in [0, 0.1) is 17.2 Å². The summed E-state index contributed by atoms with van der Waals surface area (Å²) in [4.78, 5) is 0. The molecule has 0 radical (unpaired) electrons. The normalized spacial score (nSPS) is 18.1. The summed E-state index contributed by atoms with van der Waals surface area (Å²) >= 11 is 0. The largest absolute Gasteiger partial charge is 0.491 e. The monoisotopic (exact) mass is 288 g/mol. The van der Waals surface area contributed by atoms with Crippen LogP contribution in [0.4, 0.5) is 0 Å². The van der Waals surface area contributed by atoms with Crippen LogP contribution in [0.3, 0.4) is 0 Å². The van der Waals surface area contributed by atoms with E-state index in [0.717, 1.165) is 5.92 Å². The highest BCUT2D eigenvalue weighted by Crippen LogP contribution is 2.27. The van der Waals surface area contributed by atoms with Crippen LogP contribution in [0.2, 0.25) is 0 Å². The van der Waals surface area contributed by atoms with Crippen molar-refractivity contribution in [2.24, 2.45) is 5.92 Å². The third-order valence-electron chi connectivity index (χ3n) is 4.19. The van der Waals surface area contributed by atoms with Crippen molar-refractivity contribution in [1.29, 1.82) is 5.26 Å². The van der Waals surface area contributed by atoms with Gasteiger partial charge in [-0.2, -0.15) is 5.26 Å². The van der Waals surface area contributed by atoms with Gasteiger partial charge in [-0.15, -0.1) is 0 Å². The standard InChI is InChI=1S/C17H24N2O2/c1-13(15-6-2-3-7-15)19-11-16(20)12-21-17-8-4-5-14(9-17)10-18/h4-5,8-9,13,15-16,19-20H,2-3,6-7,11-12H2,1H3. The van der Waals surface area contributed by atoms with Gasteiger partial charge in [0.25, 0.3) is 0 Å². The highest BCUT2D eigenvalue weighted by molar-refractivity contribution is 5.36. The molecule has 1 aliphatic carbocycles. The van der Waals surface area contributed by atoms with Gasteiger partial charge in [0, 0.05) is 12.6 Å². The highest BCUT2D eigenvalue weighted by atomic mass is 16.5. The maximum atomic E-state index is 9.98. The molecule has 0 aromatic heterocycles. The van der Waals surface area contributed by atoms with Crippen molar-refractivity contribution in [2.45, 2.75) is 44.8 Å². The van der Waals surface area contributed by atoms with E-state index in [-0.39, 0.29) is 6.61 Å². The molecule has 2 unspecified atom stereocenters. The van der Waals surface area contributed by atoms with Crippen LogP contribution in [-0.4, -0.2) is 30.4 Å². The van der Waals surface area contributed by atoms with Crippen molar-refractivity contribution < 1.29 is 9.84 Å². The van der Waals surface area contributed by atoms with E-state index in [2.05, 4.69) is 18.3 Å². The Morgan fingerprint density at radius 2 is 2.19 bits per heavy atom. The molecule has 1 aliphatic rings. The summed E-state index contributed by atoms with van der Waals surface area (Å²) in [5, 5.41) is 22.2. The van der Waals surface area contributed by atoms with Gasteiger partial charge in [-0.3, -0.25) is 0 Å². The summed E-state index contributed by atoms with van der Waals surface area (Å²) in [6.45, 7) is 2.97. The lowest BCUT2D eigenvalue weighted by molar-refractivity contribution is 0.102. The molecule has 1 aromatic carbocycles. The SMILES string of the molecule is CC(NCC(O)COc1cccc(C#N)c1)C1CCCC1. The number of aliphatic hydroxyl groups excluding tert-OH is 1. The first-order valence-electron chi connectivity index (χ1n) is 7.73. The Labute approximate surface area is 126 Å². The molecule has 1 fully saturated rings. The quantitative estimate of drug-likeness (QED) is 0.809. The summed E-state index contributed by atoms with van der Waals surface area (Å²) < 4.78 is 5.53. The van der Waals surface area contributed by atoms with E-state index in [1.165, 1.54) is 25.7 Å². The summed E-state index contributed by atoms with van der Waals surface area (Å²) in [6.07, 6.45) is 4.71. The molecule has 1 saturated carbocycles. The molecule has 2 N–H and O–H groups in total. The predicted molar refractivity (Wildman–Crippen MR) is 82.1 cm³/mol. The summed E-state index contributed by atoms with van der Waals surface area (Å²) in [7, 11) is 0. The van der Waals surface area contributed by atoms with Crippen molar-refractivity contribution >= 4 is 0 Å². The minimum absolute atomic E-state index is 0.235. The van der Waals surface area contributed by atoms with Crippen molar-refractivity contribution in [1.82, 2.24) is 5.32 Å². The molecule has 21 heavy (non-hydrogen) atoms. The van der Waals surface area contributed by atoms with E-state index in [1.54, 1.807) is 24.3 Å². The first kappa shape index (κ1) is 15.8. The van der Waals surface area contributed by atoms with Crippen LogP contribution in [0.15, 0.2) is 24.3 Å². The Morgan fingerprint density at radius 1 is 1.43 bits per heavy atom. The van der Waals surface area contributed by atoms with Gasteiger partial charge in [-0.25, -0.2) is 0 Å². The minimum atomic E-state index is -0.542. The lowest BCUT2D eigenvalue weighted by Gasteiger charge is -2.22. The molecule has 1 aromatic rings. The topological polar surface area (TPSA) is 65.3 Å². The molecular weight excluding hydrogens is 264 g/mol. The van der Waals surface area contributed by atoms with Gasteiger partial charge in [0.15, 0.2) is 0 Å². The van der Waals surface area contributed by atoms with E-state index in [9.17, 15) is 5.11 Å². The van der Waals surface area contributed by atoms with Crippen LogP contribution in [-0.2, 0) is 0 Å². The van der Waals surface area contributed by atoms with Crippen molar-refractivity contribution in [3.63, 3.8) is 0 Å². The van der Waals surface area contributed by atoms with Crippen molar-refractivity contribution in [2.75, 3.05) is 13.2 Å². The first-order valence-corrected chi connectivity index (χ1v) is 7.73. The Morgan fingerprint density at radius 3 is 2.90 bits per heavy atom. The summed E-state index contributed by atoms with van der Waals surface area (Å²) in [5.74, 6) is 1.36. The third kappa shape index (κ3) is 5.04. The fourth-order valence-electron chi connectivity index (χ4n) is 2.85. The Balaban J connectivity index is 1.69. The number of aliphatic hydroxyl groups is 1. The van der Waals surface area contributed by atoms with E-state index < -0.39 is 6.10 Å². The maximum absolute atomic E-state index is 9.98. The number of nitriles is 1. The summed E-state index contributed by atoms with van der Waals surface area (Å²) in [5.41, 5.74) is 0.565. The van der Waals surface area contributed by atoms with Crippen LogP contribution in [0.1, 0.15) is 38.2 Å². The van der Waals surface area contributed by atoms with E-state index in [4.69, 9.17) is 10.00 Å². The highest BCUT2D eigenvalue weighted by Gasteiger charge is 2.21. The number of nitrogens with one attached hydrogen (secondary N) is 1. The van der Waals surface area contributed by atoms with Gasteiger partial charge in [0.1, 0.15) is 18.5 Å². The number of ether oxygens (including phenoxy) is 1. The van der Waals surface area contributed by atoms with Gasteiger partial charge in [0.2, 0.25) is 0 Å². The van der Waals surface area contributed by atoms with Crippen LogP contribution < -0.4 is 10.1 Å². The second kappa shape index (κ2) is 8.02. The molecule has 0 saturated heterocycles. The van der Waals surface area contributed by atoms with Crippen LogP contribution in [0.25, 0.3) is 0 Å². The van der Waals surface area contributed by atoms with Gasteiger partial charge >= 0.3 is 0 Å². The number of benzene rings is 1. The van der Waals surface area contributed by atoms with E-state index in [1.807, 2.05) is 0 Å². The molecular formula is C17H24N2O2. The Hall–Kier alpha value is -1.57. The van der Waals surface area contributed by atoms with E-state index >= 15 is 0 Å². The van der Waals surface area contributed by atoms with Gasteiger partial charge in [-0.1, -0.05) is 18.9 Å². The lowest BCUT2D eigenvalue weighted by atomic mass is 10.00. The summed E-state index contributed by atoms with van der Waals surface area (Å²) in [6, 6.07) is 9.50. The lowest BCUT2D eigenvalue weighted by Crippen LogP contribution is -2.39. The molecule has 2 rings (SSSR count). The van der Waals surface area contributed by atoms with E-state index in [0.29, 0.717) is 23.9 Å². The van der Waals surface area contributed by atoms with Crippen LogP contribution >= 0.6 is 0 Å². The van der Waals surface area contributed by atoms with Gasteiger partial charge in [0.05, 0.1) is 11.6 Å². The molecule has 114 valence electrons. The third-order valence-corrected chi connectivity index (χ3v) is 4.19. The maximum Gasteiger partial charge on any atom is 0.120 e. The average Bonchev–Trinajstić information content (AvgIpc) is 3.05. The smallest absolute Gasteiger partial charge is 0.120 e. The van der Waals surface area contributed by atoms with Crippen LogP contribution in [0.5, 0.6) is 5.75 Å². The predicted octanol–water partition coefficient (Wildman–Crippen LogP) is 2.47. The molecule has 0 aliphatic heterocycles. The number of nitrogens with zero attached hydrogens (tertiary/aromatic N) is 1. The Bertz CT molecular complexity index is 478. The second-order valence-electron chi connectivity index (χ2n) is 5.85. The average molecular weight is 288 g/mol. The van der Waals surface area contributed by atoms with Gasteiger partial charge in [-0.05, 0) is 43.9 Å². The molecule has 4 heteroatoms. The number of hydrogen-bond donors (Lipinski definition) is 2. The zero-order valence-electron chi connectivity index (χ0n) is 12.6. The zero-order chi connectivity index (χ0) is 15.1. The molecule has 0 bridgehead atoms. The minimum Gasteiger partial charge on any atom is -0.491 e. The number of hydrogen-bond acceptors (Lipinski definition) is 4. The molecule has 0 spiro atoms. The molecule has 2 atom stereocenters. The van der Waals surface area contributed by atoms with Crippen molar-refractivity contribution in [3.05, 3.63) is 29.8 Å². The Kier molecular flexibility index (Phi) is 6.04. The molecule has 4 nitrogen and oxygen atoms in total. The zero-order valence-corrected chi connectivity index (χ0v) is 12.6. The fraction of sp³-hybridized carbons (Fsp3) is 0.588.